The third-order valence-corrected chi connectivity index (χ3v) is 2.80. The van der Waals surface area contributed by atoms with Gasteiger partial charge in [0.2, 0.25) is 0 Å². The quantitative estimate of drug-likeness (QED) is 0.431. The van der Waals surface area contributed by atoms with Crippen LogP contribution in [-0.4, -0.2) is 19.2 Å². The van der Waals surface area contributed by atoms with Crippen molar-refractivity contribution in [1.29, 1.82) is 0 Å². The van der Waals surface area contributed by atoms with Gasteiger partial charge < -0.3 is 4.74 Å². The average molecular weight is 356 g/mol. The fourth-order valence-electron chi connectivity index (χ4n) is 1.34. The number of carbonyl (C=O) groups excluding carboxylic acids is 1. The molecule has 0 aromatic carbocycles. The summed E-state index contributed by atoms with van der Waals surface area (Å²) in [5.41, 5.74) is 0.468. The van der Waals surface area contributed by atoms with Crippen molar-refractivity contribution in [3.8, 4) is 0 Å². The van der Waals surface area contributed by atoms with Crippen LogP contribution >= 0.6 is 31.9 Å². The smallest absolute Gasteiger partial charge is 0.342 e. The Balaban J connectivity index is 2.88. The molecule has 1 atom stereocenters. The summed E-state index contributed by atoms with van der Waals surface area (Å²) in [6.07, 6.45) is 2.83. The van der Waals surface area contributed by atoms with Gasteiger partial charge in [0, 0.05) is 0 Å². The fourth-order valence-corrected chi connectivity index (χ4v) is 1.73. The van der Waals surface area contributed by atoms with E-state index >= 15 is 0 Å². The van der Waals surface area contributed by atoms with Gasteiger partial charge in [-0.1, -0.05) is 13.3 Å². The van der Waals surface area contributed by atoms with Gasteiger partial charge in [0.05, 0.1) is 12.7 Å². The maximum atomic E-state index is 11.6. The molecule has 0 radical (unpaired) electrons. The first-order chi connectivity index (χ1) is 7.60. The highest BCUT2D eigenvalue weighted by Crippen LogP contribution is 2.30. The Morgan fingerprint density at radius 3 is 2.69 bits per heavy atom. The van der Waals surface area contributed by atoms with Crippen LogP contribution < -0.4 is 0 Å². The van der Waals surface area contributed by atoms with Crippen molar-refractivity contribution in [2.45, 2.75) is 25.9 Å². The van der Waals surface area contributed by atoms with Gasteiger partial charge in [-0.05, 0) is 44.4 Å². The van der Waals surface area contributed by atoms with Crippen molar-refractivity contribution in [2.24, 2.45) is 0 Å². The third-order valence-electron chi connectivity index (χ3n) is 2.02. The number of hydrogen-bond acceptors (Lipinski definition) is 4. The van der Waals surface area contributed by atoms with Crippen molar-refractivity contribution >= 4 is 37.8 Å². The van der Waals surface area contributed by atoms with Crippen LogP contribution in [0.15, 0.2) is 20.8 Å². The zero-order valence-electron chi connectivity index (χ0n) is 8.96. The third kappa shape index (κ3) is 3.41. The van der Waals surface area contributed by atoms with Crippen LogP contribution in [0.5, 0.6) is 0 Å². The number of rotatable bonds is 5. The molecule has 0 fully saturated rings. The molecule has 0 N–H and O–H groups in total. The fraction of sp³-hybridized carbons (Fsp3) is 0.500. The highest BCUT2D eigenvalue weighted by molar-refractivity contribution is 9.28. The monoisotopic (exact) mass is 354 g/mol. The van der Waals surface area contributed by atoms with E-state index < -0.39 is 5.97 Å². The number of cyclic esters (lactones) is 1. The van der Waals surface area contributed by atoms with Crippen LogP contribution in [0, 0.1) is 0 Å². The Bertz CT molecular complexity index is 326. The first kappa shape index (κ1) is 13.9. The molecule has 1 rings (SSSR count). The van der Waals surface area contributed by atoms with Crippen LogP contribution in [0.3, 0.4) is 0 Å². The van der Waals surface area contributed by atoms with Gasteiger partial charge in [0.1, 0.15) is 9.50 Å². The number of halogens is 2. The summed E-state index contributed by atoms with van der Waals surface area (Å²) < 4.78 is 5.62. The minimum absolute atomic E-state index is 0.389. The lowest BCUT2D eigenvalue weighted by molar-refractivity contribution is -0.296. The van der Waals surface area contributed by atoms with Crippen molar-refractivity contribution in [2.75, 3.05) is 7.11 Å². The van der Waals surface area contributed by atoms with E-state index in [1.165, 1.54) is 7.11 Å². The molecule has 90 valence electrons. The summed E-state index contributed by atoms with van der Waals surface area (Å²) in [7, 11) is 1.42. The molecule has 4 nitrogen and oxygen atoms in total. The predicted molar refractivity (Wildman–Crippen MR) is 65.8 cm³/mol. The van der Waals surface area contributed by atoms with E-state index in [1.807, 2.05) is 6.92 Å². The number of ether oxygens (including phenoxy) is 1. The lowest BCUT2D eigenvalue weighted by Crippen LogP contribution is -2.19. The highest BCUT2D eigenvalue weighted by atomic mass is 79.9. The molecule has 1 unspecified atom stereocenters. The molecule has 1 aliphatic rings. The molecule has 1 heterocycles. The Kier molecular flexibility index (Phi) is 5.68. The van der Waals surface area contributed by atoms with Gasteiger partial charge in [-0.15, -0.1) is 0 Å². The normalized spacial score (nSPS) is 17.1. The van der Waals surface area contributed by atoms with E-state index in [2.05, 4.69) is 36.7 Å². The molecule has 0 saturated carbocycles. The summed E-state index contributed by atoms with van der Waals surface area (Å²) in [5, 5.41) is 0. The Morgan fingerprint density at radius 2 is 2.25 bits per heavy atom. The van der Waals surface area contributed by atoms with Crippen molar-refractivity contribution in [1.82, 2.24) is 0 Å². The second kappa shape index (κ2) is 6.54. The molecule has 0 aliphatic carbocycles. The SMILES string of the molecule is CCCC(OOC)C1=CC(=C(Br)Br)OC1=O. The summed E-state index contributed by atoms with van der Waals surface area (Å²) in [5.74, 6) is 0.0442. The van der Waals surface area contributed by atoms with Crippen molar-refractivity contribution < 1.29 is 19.3 Å². The van der Waals surface area contributed by atoms with Gasteiger partial charge in [0.25, 0.3) is 0 Å². The molecule has 1 aliphatic heterocycles. The highest BCUT2D eigenvalue weighted by Gasteiger charge is 2.30. The second-order valence-electron chi connectivity index (χ2n) is 3.15. The summed E-state index contributed by atoms with van der Waals surface area (Å²) in [6.45, 7) is 2.00. The molecular weight excluding hydrogens is 344 g/mol. The minimum atomic E-state index is -0.401. The largest absolute Gasteiger partial charge is 0.421 e. The summed E-state index contributed by atoms with van der Waals surface area (Å²) >= 11 is 6.37. The van der Waals surface area contributed by atoms with E-state index in [4.69, 9.17) is 9.62 Å². The zero-order chi connectivity index (χ0) is 12.1. The molecule has 0 bridgehead atoms. The van der Waals surface area contributed by atoms with Gasteiger partial charge in [-0.2, -0.15) is 0 Å². The number of hydrogen-bond donors (Lipinski definition) is 0. The van der Waals surface area contributed by atoms with Crippen LogP contribution in [0.1, 0.15) is 19.8 Å². The Labute approximate surface area is 111 Å². The number of carbonyl (C=O) groups is 1. The maximum absolute atomic E-state index is 11.6. The predicted octanol–water partition coefficient (Wildman–Crippen LogP) is 3.18. The van der Waals surface area contributed by atoms with Gasteiger partial charge in [-0.25, -0.2) is 14.6 Å². The second-order valence-corrected chi connectivity index (χ2v) is 5.80. The van der Waals surface area contributed by atoms with Crippen LogP contribution in [0.4, 0.5) is 0 Å². The number of esters is 1. The maximum Gasteiger partial charge on any atom is 0.342 e. The summed E-state index contributed by atoms with van der Waals surface area (Å²) in [4.78, 5) is 21.2. The topological polar surface area (TPSA) is 44.8 Å². The van der Waals surface area contributed by atoms with Gasteiger partial charge in [-0.3, -0.25) is 0 Å². The van der Waals surface area contributed by atoms with Crippen LogP contribution in [0.2, 0.25) is 0 Å². The molecule has 0 spiro atoms. The molecule has 0 aromatic rings. The van der Waals surface area contributed by atoms with Crippen molar-refractivity contribution in [3.05, 3.63) is 20.8 Å². The number of allylic oxidation sites excluding steroid dienone is 1. The molecule has 0 amide bonds. The molecule has 16 heavy (non-hydrogen) atoms. The first-order valence-electron chi connectivity index (χ1n) is 4.78. The molecular formula is C10H12Br2O4. The average Bonchev–Trinajstić information content (AvgIpc) is 2.60. The van der Waals surface area contributed by atoms with Gasteiger partial charge >= 0.3 is 5.97 Å². The Hall–Kier alpha value is -0.170. The standard InChI is InChI=1S/C10H12Br2O4/c1-3-4-7(16-14-2)6-5-8(9(11)12)15-10(6)13/h5,7H,3-4H2,1-2H3. The molecule has 0 aromatic heterocycles. The summed E-state index contributed by atoms with van der Waals surface area (Å²) in [6, 6.07) is 0. The van der Waals surface area contributed by atoms with Crippen molar-refractivity contribution in [3.63, 3.8) is 0 Å². The van der Waals surface area contributed by atoms with Crippen LogP contribution in [0.25, 0.3) is 0 Å². The van der Waals surface area contributed by atoms with Crippen LogP contribution in [-0.2, 0) is 19.3 Å². The van der Waals surface area contributed by atoms with E-state index in [-0.39, 0.29) is 6.10 Å². The Morgan fingerprint density at radius 1 is 1.56 bits per heavy atom. The lowest BCUT2D eigenvalue weighted by Gasteiger charge is -2.13. The van der Waals surface area contributed by atoms with E-state index in [0.717, 1.165) is 6.42 Å². The lowest BCUT2D eigenvalue weighted by atomic mass is 10.1. The van der Waals surface area contributed by atoms with Gasteiger partial charge in [0.15, 0.2) is 5.76 Å². The van der Waals surface area contributed by atoms with E-state index in [1.54, 1.807) is 6.08 Å². The molecule has 6 heteroatoms. The van der Waals surface area contributed by atoms with E-state index in [9.17, 15) is 4.79 Å². The minimum Gasteiger partial charge on any atom is -0.421 e. The molecule has 0 saturated heterocycles. The zero-order valence-corrected chi connectivity index (χ0v) is 12.1. The first-order valence-corrected chi connectivity index (χ1v) is 6.37. The van der Waals surface area contributed by atoms with E-state index in [0.29, 0.717) is 21.1 Å².